The average Bonchev–Trinajstić information content (AvgIpc) is 3.04. The number of likely N-dealkylation sites (tertiary alicyclic amines) is 1. The van der Waals surface area contributed by atoms with E-state index in [1.807, 2.05) is 42.5 Å². The molecule has 10 heteroatoms. The third kappa shape index (κ3) is 6.80. The maximum atomic E-state index is 15.1. The van der Waals surface area contributed by atoms with Crippen molar-refractivity contribution in [2.45, 2.75) is 31.0 Å². The number of alkyl carbamates (subject to hydrolysis) is 1. The van der Waals surface area contributed by atoms with Gasteiger partial charge in [0.15, 0.2) is 11.6 Å². The summed E-state index contributed by atoms with van der Waals surface area (Å²) in [6.07, 6.45) is -1.08. The van der Waals surface area contributed by atoms with Gasteiger partial charge in [0, 0.05) is 24.9 Å². The van der Waals surface area contributed by atoms with Crippen LogP contribution in [-0.2, 0) is 16.1 Å². The van der Waals surface area contributed by atoms with Crippen LogP contribution in [0.5, 0.6) is 11.5 Å². The topological polar surface area (TPSA) is 77.1 Å². The third-order valence-electron chi connectivity index (χ3n) is 7.72. The number of carbonyl (C=O) groups excluding carboxylic acids is 2. The van der Waals surface area contributed by atoms with Crippen LogP contribution in [0.1, 0.15) is 40.6 Å². The number of nitrogens with zero attached hydrogens (tertiary/aromatic N) is 1. The molecular formula is C34H31F3N2O5. The quantitative estimate of drug-likeness (QED) is 0.220. The molecule has 0 radical (unpaired) electrons. The Balaban J connectivity index is 1.50. The predicted octanol–water partition coefficient (Wildman–Crippen LogP) is 6.52. The van der Waals surface area contributed by atoms with Crippen LogP contribution in [0.15, 0.2) is 91.0 Å². The fourth-order valence-corrected chi connectivity index (χ4v) is 5.47. The average molecular weight is 605 g/mol. The largest absolute Gasteiger partial charge is 0.497 e. The van der Waals surface area contributed by atoms with Crippen LogP contribution < -0.4 is 14.8 Å². The number of hydrogen-bond acceptors (Lipinski definition) is 5. The molecule has 2 unspecified atom stereocenters. The summed E-state index contributed by atoms with van der Waals surface area (Å²) in [6.45, 7) is -0.0995. The van der Waals surface area contributed by atoms with Crippen molar-refractivity contribution in [3.8, 4) is 11.5 Å². The minimum atomic E-state index is -1.35. The first-order valence-corrected chi connectivity index (χ1v) is 14.0. The molecule has 0 spiro atoms. The van der Waals surface area contributed by atoms with Crippen LogP contribution in [-0.4, -0.2) is 43.7 Å². The van der Waals surface area contributed by atoms with Gasteiger partial charge in [-0.2, -0.15) is 0 Å². The zero-order valence-electron chi connectivity index (χ0n) is 24.1. The second-order valence-electron chi connectivity index (χ2n) is 10.4. The normalized spacial score (nSPS) is 16.5. The highest BCUT2D eigenvalue weighted by Gasteiger charge is 2.41. The smallest absolute Gasteiger partial charge is 0.407 e. The molecule has 1 heterocycles. The van der Waals surface area contributed by atoms with Crippen molar-refractivity contribution < 1.29 is 37.0 Å². The second kappa shape index (κ2) is 13.5. The summed E-state index contributed by atoms with van der Waals surface area (Å²) in [4.78, 5) is 28.5. The molecule has 228 valence electrons. The van der Waals surface area contributed by atoms with Crippen molar-refractivity contribution in [2.75, 3.05) is 20.8 Å². The number of hydrogen-bond donors (Lipinski definition) is 1. The van der Waals surface area contributed by atoms with Crippen LogP contribution in [0.2, 0.25) is 0 Å². The van der Waals surface area contributed by atoms with Crippen LogP contribution in [0, 0.1) is 17.5 Å². The number of rotatable bonds is 9. The Morgan fingerprint density at radius 1 is 0.841 bits per heavy atom. The number of methoxy groups -OCH3 is 2. The van der Waals surface area contributed by atoms with E-state index < -0.39 is 41.5 Å². The van der Waals surface area contributed by atoms with Gasteiger partial charge in [-0.15, -0.1) is 0 Å². The number of amides is 2. The standard InChI is InChI=1S/C34H31F3N2O5/c1-42-24-12-8-22(9-13-24)33(23-10-14-25(43-2)15-11-23)39-19-31(38-34(41)44-20-21-6-4-3-5-7-21)27(17-32(39)40)26-16-29(36)30(37)18-28(26)35/h3-16,18,27,31,33H,17,19-20H2,1-2H3,(H,38,41). The fraction of sp³-hybridized carbons (Fsp3) is 0.235. The summed E-state index contributed by atoms with van der Waals surface area (Å²) >= 11 is 0. The van der Waals surface area contributed by atoms with Gasteiger partial charge < -0.3 is 24.4 Å². The lowest BCUT2D eigenvalue weighted by Gasteiger charge is -2.42. The Hall–Kier alpha value is -4.99. The molecule has 1 aliphatic rings. The zero-order chi connectivity index (χ0) is 31.2. The van der Waals surface area contributed by atoms with Gasteiger partial charge in [0.1, 0.15) is 23.9 Å². The van der Waals surface area contributed by atoms with Gasteiger partial charge in [0.2, 0.25) is 5.91 Å². The monoisotopic (exact) mass is 604 g/mol. The highest BCUT2D eigenvalue weighted by molar-refractivity contribution is 5.80. The zero-order valence-corrected chi connectivity index (χ0v) is 24.1. The Kier molecular flexibility index (Phi) is 9.38. The maximum absolute atomic E-state index is 15.1. The van der Waals surface area contributed by atoms with Gasteiger partial charge in [-0.1, -0.05) is 54.6 Å². The molecule has 0 aliphatic carbocycles. The molecule has 0 saturated carbocycles. The van der Waals surface area contributed by atoms with Crippen LogP contribution in [0.4, 0.5) is 18.0 Å². The summed E-state index contributed by atoms with van der Waals surface area (Å²) in [7, 11) is 3.10. The van der Waals surface area contributed by atoms with Gasteiger partial charge in [-0.25, -0.2) is 18.0 Å². The van der Waals surface area contributed by atoms with Gasteiger partial charge >= 0.3 is 6.09 Å². The van der Waals surface area contributed by atoms with Gasteiger partial charge in [-0.3, -0.25) is 4.79 Å². The summed E-state index contributed by atoms with van der Waals surface area (Å²) in [6, 6.07) is 23.1. The first-order chi connectivity index (χ1) is 21.3. The number of carbonyl (C=O) groups is 2. The summed E-state index contributed by atoms with van der Waals surface area (Å²) in [5.74, 6) is -3.72. The Morgan fingerprint density at radius 2 is 1.41 bits per heavy atom. The van der Waals surface area contributed by atoms with E-state index in [4.69, 9.17) is 14.2 Å². The molecule has 0 aromatic heterocycles. The van der Waals surface area contributed by atoms with E-state index in [0.29, 0.717) is 17.6 Å². The minimum absolute atomic E-state index is 0.0213. The van der Waals surface area contributed by atoms with Crippen LogP contribution >= 0.6 is 0 Å². The Labute approximate surface area is 253 Å². The highest BCUT2D eigenvalue weighted by Crippen LogP contribution is 2.38. The molecule has 1 aliphatic heterocycles. The molecule has 4 aromatic carbocycles. The number of nitrogens with one attached hydrogen (secondary N) is 1. The summed E-state index contributed by atoms with van der Waals surface area (Å²) < 4.78 is 59.2. The van der Waals surface area contributed by atoms with E-state index >= 15 is 4.39 Å². The molecule has 1 fully saturated rings. The van der Waals surface area contributed by atoms with Gasteiger partial charge in [0.05, 0.1) is 26.3 Å². The lowest BCUT2D eigenvalue weighted by Crippen LogP contribution is -2.55. The Morgan fingerprint density at radius 3 is 1.98 bits per heavy atom. The molecule has 4 aromatic rings. The van der Waals surface area contributed by atoms with E-state index in [2.05, 4.69) is 5.32 Å². The van der Waals surface area contributed by atoms with Crippen molar-refractivity contribution in [1.82, 2.24) is 10.2 Å². The predicted molar refractivity (Wildman–Crippen MR) is 157 cm³/mol. The number of ether oxygens (including phenoxy) is 3. The molecule has 1 saturated heterocycles. The van der Waals surface area contributed by atoms with Crippen molar-refractivity contribution in [2.24, 2.45) is 0 Å². The molecule has 2 atom stereocenters. The fourth-order valence-electron chi connectivity index (χ4n) is 5.47. The third-order valence-corrected chi connectivity index (χ3v) is 7.72. The maximum Gasteiger partial charge on any atom is 0.407 e. The Bertz CT molecular complexity index is 1550. The van der Waals surface area contributed by atoms with E-state index in [1.165, 1.54) is 0 Å². The minimum Gasteiger partial charge on any atom is -0.497 e. The number of benzene rings is 4. The lowest BCUT2D eigenvalue weighted by molar-refractivity contribution is -0.136. The van der Waals surface area contributed by atoms with Gasteiger partial charge in [0.25, 0.3) is 0 Å². The highest BCUT2D eigenvalue weighted by atomic mass is 19.2. The van der Waals surface area contributed by atoms with E-state index in [1.54, 1.807) is 55.5 Å². The van der Waals surface area contributed by atoms with Crippen molar-refractivity contribution in [3.05, 3.63) is 131 Å². The molecular weight excluding hydrogens is 573 g/mol. The second-order valence-corrected chi connectivity index (χ2v) is 10.4. The molecule has 1 N–H and O–H groups in total. The first kappa shape index (κ1) is 30.5. The van der Waals surface area contributed by atoms with E-state index in [0.717, 1.165) is 22.8 Å². The van der Waals surface area contributed by atoms with Crippen LogP contribution in [0.3, 0.4) is 0 Å². The van der Waals surface area contributed by atoms with E-state index in [-0.39, 0.29) is 31.0 Å². The van der Waals surface area contributed by atoms with Crippen molar-refractivity contribution in [3.63, 3.8) is 0 Å². The summed E-state index contributed by atoms with van der Waals surface area (Å²) in [5, 5.41) is 2.77. The molecule has 5 rings (SSSR count). The molecule has 0 bridgehead atoms. The van der Waals surface area contributed by atoms with Crippen molar-refractivity contribution >= 4 is 12.0 Å². The number of piperidine rings is 1. The molecule has 2 amide bonds. The molecule has 44 heavy (non-hydrogen) atoms. The number of halogens is 3. The summed E-state index contributed by atoms with van der Waals surface area (Å²) in [5.41, 5.74) is 2.06. The SMILES string of the molecule is COc1ccc(C(c2ccc(OC)cc2)N2CC(NC(=O)OCc3ccccc3)C(c3cc(F)c(F)cc3F)CC2=O)cc1. The van der Waals surface area contributed by atoms with E-state index in [9.17, 15) is 18.4 Å². The van der Waals surface area contributed by atoms with Crippen LogP contribution in [0.25, 0.3) is 0 Å². The molecule has 7 nitrogen and oxygen atoms in total. The first-order valence-electron chi connectivity index (χ1n) is 14.0. The lowest BCUT2D eigenvalue weighted by atomic mass is 9.82. The van der Waals surface area contributed by atoms with Gasteiger partial charge in [-0.05, 0) is 52.6 Å². The van der Waals surface area contributed by atoms with Crippen molar-refractivity contribution in [1.29, 1.82) is 0 Å².